The summed E-state index contributed by atoms with van der Waals surface area (Å²) < 4.78 is 23.5. The number of methoxy groups -OCH3 is 1. The molecule has 0 N–H and O–H groups in total. The predicted molar refractivity (Wildman–Crippen MR) is 116 cm³/mol. The van der Waals surface area contributed by atoms with Crippen molar-refractivity contribution in [1.29, 1.82) is 0 Å². The summed E-state index contributed by atoms with van der Waals surface area (Å²) in [5.74, 6) is 3.23. The van der Waals surface area contributed by atoms with Crippen LogP contribution in [0.2, 0.25) is 0 Å². The predicted octanol–water partition coefficient (Wildman–Crippen LogP) is 4.71. The first-order valence-corrected chi connectivity index (χ1v) is 10.5. The van der Waals surface area contributed by atoms with Crippen LogP contribution in [0.15, 0.2) is 71.8 Å². The number of benzene rings is 3. The molecule has 0 aliphatic carbocycles. The molecule has 0 aromatic heterocycles. The van der Waals surface area contributed by atoms with Crippen LogP contribution in [0.4, 0.5) is 0 Å². The highest BCUT2D eigenvalue weighted by Crippen LogP contribution is 2.49. The van der Waals surface area contributed by atoms with Gasteiger partial charge in [0.05, 0.1) is 24.4 Å². The van der Waals surface area contributed by atoms with Gasteiger partial charge in [-0.05, 0) is 36.4 Å². The smallest absolute Gasteiger partial charge is 0.217 e. The molecule has 3 aliphatic heterocycles. The maximum absolute atomic E-state index is 6.44. The van der Waals surface area contributed by atoms with Gasteiger partial charge in [0.2, 0.25) is 6.23 Å². The molecular formula is C25H22N2O4. The summed E-state index contributed by atoms with van der Waals surface area (Å²) in [5, 5.41) is 7.10. The topological polar surface area (TPSA) is 52.5 Å². The SMILES string of the molecule is COc1ccccc1[C@@H]1Oc2ccccc2[C@H]2CC(c3ccc4c(c3)OCCO4)=NN21. The highest BCUT2D eigenvalue weighted by Gasteiger charge is 2.41. The van der Waals surface area contributed by atoms with Crippen LogP contribution in [-0.2, 0) is 0 Å². The zero-order valence-electron chi connectivity index (χ0n) is 17.2. The molecule has 0 saturated heterocycles. The van der Waals surface area contributed by atoms with Gasteiger partial charge in [0.1, 0.15) is 24.7 Å². The van der Waals surface area contributed by atoms with Gasteiger partial charge in [-0.1, -0.05) is 30.3 Å². The Hall–Kier alpha value is -3.67. The highest BCUT2D eigenvalue weighted by molar-refractivity contribution is 6.02. The Morgan fingerprint density at radius 3 is 2.52 bits per heavy atom. The van der Waals surface area contributed by atoms with Crippen LogP contribution in [0.3, 0.4) is 0 Å². The molecule has 3 heterocycles. The molecule has 6 heteroatoms. The van der Waals surface area contributed by atoms with Crippen molar-refractivity contribution >= 4 is 5.71 Å². The Morgan fingerprint density at radius 2 is 1.65 bits per heavy atom. The molecule has 6 rings (SSSR count). The minimum absolute atomic E-state index is 0.0862. The normalized spacial score (nSPS) is 20.9. The van der Waals surface area contributed by atoms with E-state index in [-0.39, 0.29) is 12.3 Å². The fourth-order valence-electron chi connectivity index (χ4n) is 4.51. The van der Waals surface area contributed by atoms with Crippen LogP contribution in [0.5, 0.6) is 23.0 Å². The summed E-state index contributed by atoms with van der Waals surface area (Å²) in [6.45, 7) is 1.15. The second kappa shape index (κ2) is 7.23. The zero-order valence-corrected chi connectivity index (χ0v) is 17.2. The van der Waals surface area contributed by atoms with E-state index in [4.69, 9.17) is 24.0 Å². The van der Waals surface area contributed by atoms with Crippen LogP contribution in [0.25, 0.3) is 0 Å². The standard InChI is InChI=1S/C25H22N2O4/c1-28-21-8-4-3-7-18(21)25-27-20(17-6-2-5-9-22(17)31-25)15-19(26-27)16-10-11-23-24(14-16)30-13-12-29-23/h2-11,14,20,25H,12-13,15H2,1H3/t20-,25+/m1/s1. The van der Waals surface area contributed by atoms with E-state index < -0.39 is 0 Å². The van der Waals surface area contributed by atoms with Gasteiger partial charge >= 0.3 is 0 Å². The van der Waals surface area contributed by atoms with Gasteiger partial charge in [0, 0.05) is 17.5 Å². The van der Waals surface area contributed by atoms with E-state index in [1.165, 1.54) is 0 Å². The summed E-state index contributed by atoms with van der Waals surface area (Å²) in [6, 6.07) is 22.3. The Bertz CT molecular complexity index is 1180. The number of rotatable bonds is 3. The summed E-state index contributed by atoms with van der Waals surface area (Å²) in [6.07, 6.45) is 0.414. The summed E-state index contributed by atoms with van der Waals surface area (Å²) >= 11 is 0. The molecule has 3 aliphatic rings. The van der Waals surface area contributed by atoms with Crippen LogP contribution >= 0.6 is 0 Å². The number of nitrogens with zero attached hydrogens (tertiary/aromatic N) is 2. The van der Waals surface area contributed by atoms with Crippen molar-refractivity contribution in [3.63, 3.8) is 0 Å². The molecule has 0 fully saturated rings. The molecule has 0 amide bonds. The minimum atomic E-state index is -0.370. The van der Waals surface area contributed by atoms with Crippen molar-refractivity contribution in [3.05, 3.63) is 83.4 Å². The quantitative estimate of drug-likeness (QED) is 0.621. The van der Waals surface area contributed by atoms with Crippen LogP contribution < -0.4 is 18.9 Å². The summed E-state index contributed by atoms with van der Waals surface area (Å²) in [7, 11) is 1.68. The number of ether oxygens (including phenoxy) is 4. The number of hydrogen-bond acceptors (Lipinski definition) is 6. The zero-order chi connectivity index (χ0) is 20.8. The van der Waals surface area contributed by atoms with E-state index in [9.17, 15) is 0 Å². The van der Waals surface area contributed by atoms with Gasteiger partial charge in [-0.3, -0.25) is 0 Å². The molecule has 3 aromatic rings. The van der Waals surface area contributed by atoms with E-state index in [0.717, 1.165) is 51.8 Å². The summed E-state index contributed by atoms with van der Waals surface area (Å²) in [5.41, 5.74) is 4.14. The first-order chi connectivity index (χ1) is 15.3. The fourth-order valence-corrected chi connectivity index (χ4v) is 4.51. The Labute approximate surface area is 180 Å². The van der Waals surface area contributed by atoms with E-state index in [2.05, 4.69) is 17.1 Å². The van der Waals surface area contributed by atoms with E-state index in [1.54, 1.807) is 7.11 Å². The van der Waals surface area contributed by atoms with Gasteiger partial charge in [0.25, 0.3) is 0 Å². The molecule has 3 aromatic carbocycles. The second-order valence-corrected chi connectivity index (χ2v) is 7.76. The average molecular weight is 414 g/mol. The Kier molecular flexibility index (Phi) is 4.23. The first-order valence-electron chi connectivity index (χ1n) is 10.5. The third kappa shape index (κ3) is 2.98. The maximum atomic E-state index is 6.44. The number of para-hydroxylation sites is 2. The average Bonchev–Trinajstić information content (AvgIpc) is 3.29. The molecule has 0 spiro atoms. The van der Waals surface area contributed by atoms with Gasteiger partial charge in [0.15, 0.2) is 11.5 Å². The molecule has 0 unspecified atom stereocenters. The molecule has 0 bridgehead atoms. The third-order valence-corrected chi connectivity index (χ3v) is 5.98. The van der Waals surface area contributed by atoms with Gasteiger partial charge in [-0.25, -0.2) is 5.01 Å². The number of fused-ring (bicyclic) bond motifs is 4. The van der Waals surface area contributed by atoms with Crippen molar-refractivity contribution in [1.82, 2.24) is 5.01 Å². The monoisotopic (exact) mass is 414 g/mol. The first kappa shape index (κ1) is 18.1. The van der Waals surface area contributed by atoms with E-state index >= 15 is 0 Å². The maximum Gasteiger partial charge on any atom is 0.217 e. The lowest BCUT2D eigenvalue weighted by Crippen LogP contribution is -2.33. The molecule has 6 nitrogen and oxygen atoms in total. The Morgan fingerprint density at radius 1 is 0.871 bits per heavy atom. The summed E-state index contributed by atoms with van der Waals surface area (Å²) in [4.78, 5) is 0. The lowest BCUT2D eigenvalue weighted by molar-refractivity contribution is -0.0203. The minimum Gasteiger partial charge on any atom is -0.496 e. The molecule has 31 heavy (non-hydrogen) atoms. The van der Waals surface area contributed by atoms with Gasteiger partial charge < -0.3 is 18.9 Å². The number of hydrogen-bond donors (Lipinski definition) is 0. The highest BCUT2D eigenvalue weighted by atomic mass is 16.6. The van der Waals surface area contributed by atoms with Crippen molar-refractivity contribution < 1.29 is 18.9 Å². The second-order valence-electron chi connectivity index (χ2n) is 7.76. The molecule has 2 atom stereocenters. The Balaban J connectivity index is 1.43. The lowest BCUT2D eigenvalue weighted by atomic mass is 9.95. The fraction of sp³-hybridized carbons (Fsp3) is 0.240. The number of hydrazone groups is 1. The largest absolute Gasteiger partial charge is 0.496 e. The van der Waals surface area contributed by atoms with Crippen molar-refractivity contribution in [3.8, 4) is 23.0 Å². The van der Waals surface area contributed by atoms with E-state index in [0.29, 0.717) is 13.2 Å². The van der Waals surface area contributed by atoms with Crippen molar-refractivity contribution in [2.75, 3.05) is 20.3 Å². The molecule has 0 radical (unpaired) electrons. The van der Waals surface area contributed by atoms with Crippen LogP contribution in [0, 0.1) is 0 Å². The molecule has 0 saturated carbocycles. The molecular weight excluding hydrogens is 392 g/mol. The lowest BCUT2D eigenvalue weighted by Gasteiger charge is -2.38. The van der Waals surface area contributed by atoms with Gasteiger partial charge in [-0.15, -0.1) is 0 Å². The van der Waals surface area contributed by atoms with Crippen LogP contribution in [0.1, 0.15) is 35.4 Å². The third-order valence-electron chi connectivity index (χ3n) is 5.98. The molecule has 156 valence electrons. The van der Waals surface area contributed by atoms with Crippen molar-refractivity contribution in [2.24, 2.45) is 5.10 Å². The van der Waals surface area contributed by atoms with Crippen molar-refractivity contribution in [2.45, 2.75) is 18.7 Å². The van der Waals surface area contributed by atoms with Gasteiger partial charge in [-0.2, -0.15) is 5.10 Å². The van der Waals surface area contributed by atoms with E-state index in [1.807, 2.05) is 54.6 Å². The van der Waals surface area contributed by atoms with Crippen LogP contribution in [-0.4, -0.2) is 31.0 Å².